The molecule has 1 aliphatic rings. The van der Waals surface area contributed by atoms with Crippen molar-refractivity contribution < 1.29 is 8.42 Å². The first-order chi connectivity index (χ1) is 8.93. The number of nitrogens with one attached hydrogen (secondary N) is 1. The molecule has 0 radical (unpaired) electrons. The van der Waals surface area contributed by atoms with Crippen molar-refractivity contribution in [1.29, 1.82) is 0 Å². The smallest absolute Gasteiger partial charge is 0.150 e. The van der Waals surface area contributed by atoms with E-state index in [2.05, 4.69) is 32.7 Å². The Bertz CT molecular complexity index is 527. The molecule has 0 aliphatic heterocycles. The van der Waals surface area contributed by atoms with E-state index in [1.54, 1.807) is 11.3 Å². The Morgan fingerprint density at radius 2 is 2.21 bits per heavy atom. The summed E-state index contributed by atoms with van der Waals surface area (Å²) >= 11 is 5.31. The van der Waals surface area contributed by atoms with Gasteiger partial charge in [-0.1, -0.05) is 6.42 Å². The standard InChI is InChI=1S/C13H20BrNO2S2/c1-15-12(13-11(14)6-7-18-13)9-4-3-5-10(8-9)19(2,16)17/h6-7,9-10,12,15H,3-5,8H2,1-2H3. The minimum atomic E-state index is -2.92. The number of halogens is 1. The summed E-state index contributed by atoms with van der Waals surface area (Å²) in [5.74, 6) is 0.397. The third-order valence-corrected chi connectivity index (χ3v) is 7.57. The largest absolute Gasteiger partial charge is 0.312 e. The van der Waals surface area contributed by atoms with Crippen LogP contribution in [0.1, 0.15) is 36.6 Å². The SMILES string of the molecule is CNC(c1sccc1Br)C1CCCC(S(C)(=O)=O)C1. The van der Waals surface area contributed by atoms with E-state index in [0.29, 0.717) is 5.92 Å². The molecular weight excluding hydrogens is 346 g/mol. The van der Waals surface area contributed by atoms with Gasteiger partial charge in [0.2, 0.25) is 0 Å². The quantitative estimate of drug-likeness (QED) is 0.889. The van der Waals surface area contributed by atoms with Gasteiger partial charge >= 0.3 is 0 Å². The zero-order valence-corrected chi connectivity index (χ0v) is 14.4. The number of sulfone groups is 1. The molecule has 3 nitrogen and oxygen atoms in total. The van der Waals surface area contributed by atoms with Gasteiger partial charge in [0, 0.05) is 21.6 Å². The van der Waals surface area contributed by atoms with Crippen molar-refractivity contribution in [2.24, 2.45) is 5.92 Å². The van der Waals surface area contributed by atoms with Crippen LogP contribution in [0.2, 0.25) is 0 Å². The Balaban J connectivity index is 2.18. The van der Waals surface area contributed by atoms with E-state index >= 15 is 0 Å². The predicted octanol–water partition coefficient (Wildman–Crippen LogP) is 3.37. The number of thiophene rings is 1. The maximum atomic E-state index is 11.8. The molecule has 1 aromatic heterocycles. The molecule has 0 amide bonds. The lowest BCUT2D eigenvalue weighted by atomic mass is 9.83. The summed E-state index contributed by atoms with van der Waals surface area (Å²) < 4.78 is 24.7. The second-order valence-corrected chi connectivity index (χ2v) is 9.41. The van der Waals surface area contributed by atoms with Gasteiger partial charge in [-0.25, -0.2) is 8.42 Å². The fourth-order valence-electron chi connectivity index (χ4n) is 2.98. The minimum absolute atomic E-state index is 0.166. The fourth-order valence-corrected chi connectivity index (χ4v) is 5.99. The van der Waals surface area contributed by atoms with Crippen molar-refractivity contribution >= 4 is 37.1 Å². The topological polar surface area (TPSA) is 46.2 Å². The molecule has 0 saturated heterocycles. The van der Waals surface area contributed by atoms with Gasteiger partial charge < -0.3 is 5.32 Å². The first-order valence-electron chi connectivity index (χ1n) is 6.52. The van der Waals surface area contributed by atoms with Crippen LogP contribution < -0.4 is 5.32 Å². The highest BCUT2D eigenvalue weighted by molar-refractivity contribution is 9.10. The van der Waals surface area contributed by atoms with Gasteiger partial charge in [0.15, 0.2) is 0 Å². The Morgan fingerprint density at radius 3 is 2.74 bits per heavy atom. The van der Waals surface area contributed by atoms with Crippen LogP contribution in [0.15, 0.2) is 15.9 Å². The average molecular weight is 366 g/mol. The highest BCUT2D eigenvalue weighted by Gasteiger charge is 2.34. The molecule has 0 bridgehead atoms. The summed E-state index contributed by atoms with van der Waals surface area (Å²) in [6, 6.07) is 2.31. The van der Waals surface area contributed by atoms with Gasteiger partial charge in [0.05, 0.1) is 5.25 Å². The van der Waals surface area contributed by atoms with Crippen LogP contribution in [0, 0.1) is 5.92 Å². The van der Waals surface area contributed by atoms with Gasteiger partial charge in [-0.3, -0.25) is 0 Å². The third kappa shape index (κ3) is 3.60. The van der Waals surface area contributed by atoms with Crippen molar-refractivity contribution in [3.05, 3.63) is 20.8 Å². The summed E-state index contributed by atoms with van der Waals surface area (Å²) in [6.45, 7) is 0. The molecule has 19 heavy (non-hydrogen) atoms. The Morgan fingerprint density at radius 1 is 1.47 bits per heavy atom. The van der Waals surface area contributed by atoms with Crippen molar-refractivity contribution in [2.45, 2.75) is 37.0 Å². The lowest BCUT2D eigenvalue weighted by Gasteiger charge is -2.33. The highest BCUT2D eigenvalue weighted by Crippen LogP contribution is 2.40. The predicted molar refractivity (Wildman–Crippen MR) is 84.4 cm³/mol. The highest BCUT2D eigenvalue weighted by atomic mass is 79.9. The molecule has 2 rings (SSSR count). The van der Waals surface area contributed by atoms with Crippen LogP contribution in [0.25, 0.3) is 0 Å². The van der Waals surface area contributed by atoms with Crippen molar-refractivity contribution in [1.82, 2.24) is 5.32 Å². The van der Waals surface area contributed by atoms with E-state index in [-0.39, 0.29) is 11.3 Å². The molecule has 1 fully saturated rings. The fraction of sp³-hybridized carbons (Fsp3) is 0.692. The summed E-state index contributed by atoms with van der Waals surface area (Å²) in [7, 11) is -0.956. The molecule has 1 aliphatic carbocycles. The zero-order chi connectivity index (χ0) is 14.0. The molecule has 1 saturated carbocycles. The van der Waals surface area contributed by atoms with Gasteiger partial charge in [-0.15, -0.1) is 11.3 Å². The maximum absolute atomic E-state index is 11.8. The summed E-state index contributed by atoms with van der Waals surface area (Å²) in [5.41, 5.74) is 0. The Kier molecular flexibility index (Phi) is 5.09. The first-order valence-corrected chi connectivity index (χ1v) is 10.1. The summed E-state index contributed by atoms with van der Waals surface area (Å²) in [4.78, 5) is 1.28. The van der Waals surface area contributed by atoms with Crippen LogP contribution >= 0.6 is 27.3 Å². The molecule has 3 unspecified atom stereocenters. The van der Waals surface area contributed by atoms with Crippen LogP contribution in [0.4, 0.5) is 0 Å². The van der Waals surface area contributed by atoms with Crippen LogP contribution in [-0.2, 0) is 9.84 Å². The molecule has 3 atom stereocenters. The second-order valence-electron chi connectivity index (χ2n) is 5.28. The Labute approximate surface area is 127 Å². The Hall–Kier alpha value is 0.0900. The van der Waals surface area contributed by atoms with Gasteiger partial charge in [0.25, 0.3) is 0 Å². The average Bonchev–Trinajstić information content (AvgIpc) is 2.76. The van der Waals surface area contributed by atoms with Crippen LogP contribution in [0.5, 0.6) is 0 Å². The van der Waals surface area contributed by atoms with E-state index in [0.717, 1.165) is 30.2 Å². The van der Waals surface area contributed by atoms with Gasteiger partial charge in [-0.2, -0.15) is 0 Å². The third-order valence-electron chi connectivity index (χ3n) is 3.98. The monoisotopic (exact) mass is 365 g/mol. The van der Waals surface area contributed by atoms with Gasteiger partial charge in [0.1, 0.15) is 9.84 Å². The molecule has 1 aromatic rings. The molecule has 1 heterocycles. The number of hydrogen-bond donors (Lipinski definition) is 1. The van der Waals surface area contributed by atoms with E-state index in [1.165, 1.54) is 11.1 Å². The van der Waals surface area contributed by atoms with Gasteiger partial charge in [-0.05, 0) is 59.6 Å². The second kappa shape index (κ2) is 6.24. The molecule has 0 spiro atoms. The van der Waals surface area contributed by atoms with Crippen molar-refractivity contribution in [2.75, 3.05) is 13.3 Å². The molecule has 108 valence electrons. The number of rotatable bonds is 4. The normalized spacial score (nSPS) is 26.3. The summed E-state index contributed by atoms with van der Waals surface area (Å²) in [5, 5.41) is 5.28. The maximum Gasteiger partial charge on any atom is 0.150 e. The molecular formula is C13H20BrNO2S2. The lowest BCUT2D eigenvalue weighted by Crippen LogP contribution is -2.34. The molecule has 6 heteroatoms. The van der Waals surface area contributed by atoms with E-state index in [9.17, 15) is 8.42 Å². The van der Waals surface area contributed by atoms with E-state index in [4.69, 9.17) is 0 Å². The van der Waals surface area contributed by atoms with Crippen molar-refractivity contribution in [3.63, 3.8) is 0 Å². The lowest BCUT2D eigenvalue weighted by molar-refractivity contribution is 0.285. The van der Waals surface area contributed by atoms with E-state index < -0.39 is 9.84 Å². The van der Waals surface area contributed by atoms with Crippen LogP contribution in [-0.4, -0.2) is 27.0 Å². The van der Waals surface area contributed by atoms with Crippen molar-refractivity contribution in [3.8, 4) is 0 Å². The molecule has 1 N–H and O–H groups in total. The summed E-state index contributed by atoms with van der Waals surface area (Å²) in [6.07, 6.45) is 5.06. The van der Waals surface area contributed by atoms with E-state index in [1.807, 2.05) is 7.05 Å². The zero-order valence-electron chi connectivity index (χ0n) is 11.2. The van der Waals surface area contributed by atoms with Crippen LogP contribution in [0.3, 0.4) is 0 Å². The first kappa shape index (κ1) is 15.5. The molecule has 0 aromatic carbocycles. The number of hydrogen-bond acceptors (Lipinski definition) is 4. The minimum Gasteiger partial charge on any atom is -0.312 e.